The Morgan fingerprint density at radius 2 is 1.56 bits per heavy atom. The summed E-state index contributed by atoms with van der Waals surface area (Å²) in [6, 6.07) is 11.5. The van der Waals surface area contributed by atoms with E-state index in [-0.39, 0.29) is 51.2 Å². The van der Waals surface area contributed by atoms with E-state index >= 15 is 0 Å². The van der Waals surface area contributed by atoms with Gasteiger partial charge in [0.25, 0.3) is 5.91 Å². The van der Waals surface area contributed by atoms with Crippen molar-refractivity contribution in [3.63, 3.8) is 0 Å². The summed E-state index contributed by atoms with van der Waals surface area (Å²) in [4.78, 5) is 12.9. The summed E-state index contributed by atoms with van der Waals surface area (Å²) in [5.74, 6) is 0.394. The number of anilines is 1. The Balaban J connectivity index is 0.00000648. The Bertz CT molecular complexity index is 1110. The third kappa shape index (κ3) is 8.59. The monoisotopic (exact) mass is 525 g/mol. The molecule has 0 aliphatic rings. The van der Waals surface area contributed by atoms with Gasteiger partial charge in [0, 0.05) is 11.3 Å². The minimum Gasteiger partial charge on any atom is -0.744 e. The quantitative estimate of drug-likeness (QED) is 0.338. The molecule has 2 rings (SSSR count). The molecule has 194 valence electrons. The van der Waals surface area contributed by atoms with E-state index in [1.807, 2.05) is 6.07 Å². The van der Waals surface area contributed by atoms with Crippen LogP contribution in [0.3, 0.4) is 0 Å². The van der Waals surface area contributed by atoms with E-state index in [0.717, 1.165) is 31.2 Å². The number of hydrogen-bond acceptors (Lipinski definition) is 5. The summed E-state index contributed by atoms with van der Waals surface area (Å²) in [5.41, 5.74) is 2.62. The van der Waals surface area contributed by atoms with Crippen molar-refractivity contribution in [1.82, 2.24) is 0 Å². The molecule has 0 aliphatic carbocycles. The normalized spacial score (nSPS) is 13.0. The van der Waals surface area contributed by atoms with Crippen LogP contribution in [0.4, 0.5) is 5.69 Å². The van der Waals surface area contributed by atoms with Crippen molar-refractivity contribution < 1.29 is 52.1 Å². The van der Waals surface area contributed by atoms with Crippen molar-refractivity contribution in [1.29, 1.82) is 0 Å². The number of nitrogens with one attached hydrogen (secondary N) is 1. The molecule has 1 N–H and O–H groups in total. The predicted molar refractivity (Wildman–Crippen MR) is 140 cm³/mol. The van der Waals surface area contributed by atoms with Crippen LogP contribution in [0, 0.1) is 0 Å². The Morgan fingerprint density at radius 1 is 0.972 bits per heavy atom. The zero-order valence-electron chi connectivity index (χ0n) is 23.1. The zero-order chi connectivity index (χ0) is 26.4. The van der Waals surface area contributed by atoms with Crippen molar-refractivity contribution >= 4 is 21.7 Å². The van der Waals surface area contributed by atoms with Crippen LogP contribution in [-0.2, 0) is 25.7 Å². The Morgan fingerprint density at radius 3 is 2.06 bits per heavy atom. The fourth-order valence-electron chi connectivity index (χ4n) is 3.69. The number of amides is 1. The molecular weight excluding hydrogens is 485 g/mol. The number of rotatable bonds is 12. The first-order chi connectivity index (χ1) is 16.2. The van der Waals surface area contributed by atoms with Gasteiger partial charge >= 0.3 is 29.6 Å². The van der Waals surface area contributed by atoms with E-state index in [4.69, 9.17) is 4.74 Å². The van der Waals surface area contributed by atoms with Crippen LogP contribution in [0.15, 0.2) is 47.4 Å². The largest absolute Gasteiger partial charge is 1.00 e. The van der Waals surface area contributed by atoms with Gasteiger partial charge in [-0.15, -0.1) is 0 Å². The molecule has 0 aliphatic heterocycles. The topological polar surface area (TPSA) is 95.5 Å². The maximum absolute atomic E-state index is 13.2. The molecule has 0 fully saturated rings. The summed E-state index contributed by atoms with van der Waals surface area (Å²) in [6.45, 7) is 15.2. The number of ether oxygens (including phenoxy) is 1. The summed E-state index contributed by atoms with van der Waals surface area (Å²) in [6.07, 6.45) is 3.49. The molecule has 8 heteroatoms. The first kappa shape index (κ1) is 32.6. The van der Waals surface area contributed by atoms with Crippen molar-refractivity contribution in [3.8, 4) is 5.75 Å². The minimum absolute atomic E-state index is 0. The van der Waals surface area contributed by atoms with Gasteiger partial charge in [0.2, 0.25) is 0 Å². The van der Waals surface area contributed by atoms with Gasteiger partial charge in [0.15, 0.2) is 6.10 Å². The number of benzene rings is 2. The fraction of sp³-hybridized carbons (Fsp3) is 0.536. The summed E-state index contributed by atoms with van der Waals surface area (Å²) >= 11 is 0. The molecule has 0 spiro atoms. The van der Waals surface area contributed by atoms with E-state index in [2.05, 4.69) is 65.9 Å². The van der Waals surface area contributed by atoms with Crippen molar-refractivity contribution in [2.75, 3.05) is 5.32 Å². The molecular formula is C28H40NNaO5S. The molecule has 1 atom stereocenters. The molecule has 0 saturated carbocycles. The van der Waals surface area contributed by atoms with Crippen molar-refractivity contribution in [2.24, 2.45) is 0 Å². The molecule has 0 saturated heterocycles. The molecule has 2 aromatic carbocycles. The zero-order valence-corrected chi connectivity index (χ0v) is 25.9. The predicted octanol–water partition coefficient (Wildman–Crippen LogP) is 3.55. The number of hydrogen-bond donors (Lipinski definition) is 1. The fourth-order valence-corrected chi connectivity index (χ4v) is 4.16. The van der Waals surface area contributed by atoms with Crippen LogP contribution in [0.1, 0.15) is 91.7 Å². The van der Waals surface area contributed by atoms with Crippen molar-refractivity contribution in [2.45, 2.75) is 102 Å². The number of carbonyl (C=O) groups is 1. The average molecular weight is 526 g/mol. The van der Waals surface area contributed by atoms with E-state index < -0.39 is 16.2 Å². The van der Waals surface area contributed by atoms with Crippen LogP contribution in [0.5, 0.6) is 5.75 Å². The van der Waals surface area contributed by atoms with Crippen LogP contribution in [0.2, 0.25) is 0 Å². The van der Waals surface area contributed by atoms with Gasteiger partial charge in [-0.3, -0.25) is 4.79 Å². The number of unbranched alkanes of at least 4 members (excludes halogenated alkanes) is 1. The van der Waals surface area contributed by atoms with Crippen molar-refractivity contribution in [3.05, 3.63) is 53.6 Å². The molecule has 0 heterocycles. The van der Waals surface area contributed by atoms with E-state index in [1.165, 1.54) is 29.8 Å². The first-order valence-corrected chi connectivity index (χ1v) is 13.8. The summed E-state index contributed by atoms with van der Waals surface area (Å²) < 4.78 is 39.9. The summed E-state index contributed by atoms with van der Waals surface area (Å²) in [5, 5.41) is 2.81. The van der Waals surface area contributed by atoms with Gasteiger partial charge in [0.1, 0.15) is 15.9 Å². The van der Waals surface area contributed by atoms with Crippen LogP contribution in [0.25, 0.3) is 0 Å². The number of carbonyl (C=O) groups excluding carboxylic acids is 1. The Kier molecular flexibility index (Phi) is 12.2. The van der Waals surface area contributed by atoms with E-state index in [9.17, 15) is 17.8 Å². The molecule has 0 bridgehead atoms. The molecule has 1 amide bonds. The molecule has 6 nitrogen and oxygen atoms in total. The third-order valence-electron chi connectivity index (χ3n) is 7.05. The van der Waals surface area contributed by atoms with Gasteiger partial charge in [-0.05, 0) is 72.4 Å². The van der Waals surface area contributed by atoms with E-state index in [0.29, 0.717) is 17.9 Å². The smallest absolute Gasteiger partial charge is 0.744 e. The molecule has 0 aromatic heterocycles. The standard InChI is InChI=1S/C28H41NO5S.Na/c1-8-11-12-25(26(30)29-21-14-16-22(17-15-21)35(31,32)33)34-24-18-13-20(27(4,5)9-2)19-23(24)28(6,7)10-3;/h13-19,25H,8-12H2,1-7H3,(H,29,30)(H,31,32,33);/q;+1/p-1. The second-order valence-electron chi connectivity index (χ2n) is 10.4. The van der Waals surface area contributed by atoms with Crippen LogP contribution in [-0.4, -0.2) is 25.0 Å². The maximum atomic E-state index is 13.2. The van der Waals surface area contributed by atoms with Gasteiger partial charge in [-0.2, -0.15) is 0 Å². The maximum Gasteiger partial charge on any atom is 1.00 e. The molecule has 2 aromatic rings. The average Bonchev–Trinajstić information content (AvgIpc) is 2.81. The molecule has 1 unspecified atom stereocenters. The second kappa shape index (κ2) is 13.4. The Labute approximate surface area is 239 Å². The van der Waals surface area contributed by atoms with E-state index in [1.54, 1.807) is 0 Å². The Hall–Kier alpha value is -1.38. The van der Waals surface area contributed by atoms with Crippen LogP contribution < -0.4 is 39.6 Å². The van der Waals surface area contributed by atoms with Gasteiger partial charge in [0.05, 0.1) is 4.90 Å². The minimum atomic E-state index is -4.54. The van der Waals surface area contributed by atoms with Gasteiger partial charge in [-0.1, -0.05) is 67.0 Å². The third-order valence-corrected chi connectivity index (χ3v) is 7.90. The summed E-state index contributed by atoms with van der Waals surface area (Å²) in [7, 11) is -4.54. The SMILES string of the molecule is CCCCC(Oc1ccc(C(C)(C)CC)cc1C(C)(C)CC)C(=O)Nc1ccc(S(=O)(=O)[O-])cc1.[Na+]. The van der Waals surface area contributed by atoms with Gasteiger partial charge in [-0.25, -0.2) is 8.42 Å². The van der Waals surface area contributed by atoms with Gasteiger partial charge < -0.3 is 14.6 Å². The first-order valence-electron chi connectivity index (χ1n) is 12.4. The van der Waals surface area contributed by atoms with Crippen LogP contribution >= 0.6 is 0 Å². The second-order valence-corrected chi connectivity index (χ2v) is 11.8. The molecule has 36 heavy (non-hydrogen) atoms. The molecule has 0 radical (unpaired) electrons.